The van der Waals surface area contributed by atoms with E-state index in [-0.39, 0.29) is 55.2 Å². The molecule has 0 aromatic carbocycles. The minimum Gasteiger partial charge on any atom is -0.377 e. The number of hydrogen-bond donors (Lipinski definition) is 2. The van der Waals surface area contributed by atoms with Crippen molar-refractivity contribution in [3.63, 3.8) is 0 Å². The van der Waals surface area contributed by atoms with E-state index in [0.29, 0.717) is 18.8 Å². The van der Waals surface area contributed by atoms with Gasteiger partial charge in [-0.1, -0.05) is 32.9 Å². The van der Waals surface area contributed by atoms with Crippen LogP contribution in [-0.2, 0) is 37.0 Å². The van der Waals surface area contributed by atoms with Gasteiger partial charge in [-0.25, -0.2) is 0 Å². The molecule has 11 heteroatoms. The third-order valence-corrected chi connectivity index (χ3v) is 6.23. The van der Waals surface area contributed by atoms with E-state index in [1.165, 1.54) is 0 Å². The highest BCUT2D eigenvalue weighted by Crippen LogP contribution is 2.29. The minimum atomic E-state index is -0.897. The molecule has 3 rings (SSSR count). The average Bonchev–Trinajstić information content (AvgIpc) is 3.49. The largest absolute Gasteiger partial charge is 0.377 e. The lowest BCUT2D eigenvalue weighted by molar-refractivity contribution is -0.150. The van der Waals surface area contributed by atoms with Gasteiger partial charge < -0.3 is 15.4 Å². The van der Waals surface area contributed by atoms with Gasteiger partial charge in [0.1, 0.15) is 11.7 Å². The van der Waals surface area contributed by atoms with Gasteiger partial charge in [-0.2, -0.15) is 0 Å². The molecule has 3 heterocycles. The third kappa shape index (κ3) is 6.19. The first-order valence-corrected chi connectivity index (χ1v) is 11.9. The molecule has 1 aromatic heterocycles. The summed E-state index contributed by atoms with van der Waals surface area (Å²) >= 11 is 0. The number of nitrogens with zero attached hydrogens (tertiary/aromatic N) is 4. The summed E-state index contributed by atoms with van der Waals surface area (Å²) in [6.45, 7) is 10.5. The van der Waals surface area contributed by atoms with E-state index in [0.717, 1.165) is 17.7 Å². The summed E-state index contributed by atoms with van der Waals surface area (Å²) in [5.74, 6) is -1.32. The van der Waals surface area contributed by atoms with Crippen molar-refractivity contribution in [3.8, 4) is 0 Å². The maximum Gasteiger partial charge on any atom is 0.244 e. The highest BCUT2D eigenvalue weighted by atomic mass is 16.5. The molecule has 2 aliphatic heterocycles. The molecule has 0 bridgehead atoms. The molecule has 2 fully saturated rings. The van der Waals surface area contributed by atoms with E-state index < -0.39 is 17.4 Å². The topological polar surface area (TPSA) is 136 Å². The van der Waals surface area contributed by atoms with Crippen molar-refractivity contribution in [2.45, 2.75) is 91.6 Å². The second kappa shape index (κ2) is 10.6. The van der Waals surface area contributed by atoms with Crippen LogP contribution < -0.4 is 10.6 Å². The fourth-order valence-electron chi connectivity index (χ4n) is 4.43. The van der Waals surface area contributed by atoms with E-state index in [4.69, 9.17) is 4.74 Å². The number of ether oxygens (including phenoxy) is 1. The molecule has 4 atom stereocenters. The van der Waals surface area contributed by atoms with Crippen LogP contribution in [0.15, 0.2) is 6.20 Å². The molecule has 11 nitrogen and oxygen atoms in total. The number of hydrogen-bond acceptors (Lipinski definition) is 7. The molecule has 3 unspecified atom stereocenters. The summed E-state index contributed by atoms with van der Waals surface area (Å²) < 4.78 is 7.21. The molecule has 0 saturated carbocycles. The number of nitrogens with one attached hydrogen (secondary N) is 2. The molecule has 4 amide bonds. The zero-order valence-electron chi connectivity index (χ0n) is 20.7. The van der Waals surface area contributed by atoms with Gasteiger partial charge in [0, 0.05) is 25.5 Å². The molecule has 2 aliphatic rings. The van der Waals surface area contributed by atoms with Crippen LogP contribution in [0, 0.1) is 11.3 Å². The van der Waals surface area contributed by atoms with Crippen LogP contribution in [-0.4, -0.2) is 68.3 Å². The van der Waals surface area contributed by atoms with Crippen molar-refractivity contribution < 1.29 is 23.9 Å². The smallest absolute Gasteiger partial charge is 0.244 e. The van der Waals surface area contributed by atoms with Crippen LogP contribution in [0.1, 0.15) is 66.0 Å². The summed E-state index contributed by atoms with van der Waals surface area (Å²) in [6.07, 6.45) is 3.82. The van der Waals surface area contributed by atoms with E-state index in [1.54, 1.807) is 10.9 Å². The van der Waals surface area contributed by atoms with E-state index in [2.05, 4.69) is 20.9 Å². The van der Waals surface area contributed by atoms with Crippen molar-refractivity contribution >= 4 is 23.6 Å². The number of amides is 4. The highest BCUT2D eigenvalue weighted by Gasteiger charge is 2.44. The van der Waals surface area contributed by atoms with Gasteiger partial charge in [-0.15, -0.1) is 5.10 Å². The SMILES string of the molecule is CC(C(=O)N[C@@H](C)Cn1cc(CNC(=O)C(N2C(=O)CCC2=O)C(C)(C)C)nn1)C1CCCO1. The summed E-state index contributed by atoms with van der Waals surface area (Å²) in [5.41, 5.74) is -0.0857. The normalized spacial score (nSPS) is 21.4. The molecular weight excluding hydrogens is 440 g/mol. The Labute approximate surface area is 199 Å². The number of aromatic nitrogens is 3. The molecule has 0 radical (unpaired) electrons. The highest BCUT2D eigenvalue weighted by molar-refractivity contribution is 6.05. The Kier molecular flexibility index (Phi) is 8.06. The van der Waals surface area contributed by atoms with Gasteiger partial charge in [-0.05, 0) is 25.2 Å². The summed E-state index contributed by atoms with van der Waals surface area (Å²) in [4.78, 5) is 50.9. The number of carbonyl (C=O) groups is 4. The summed E-state index contributed by atoms with van der Waals surface area (Å²) in [5, 5.41) is 13.9. The summed E-state index contributed by atoms with van der Waals surface area (Å²) in [6, 6.07) is -1.07. The maximum absolute atomic E-state index is 13.0. The fraction of sp³-hybridized carbons (Fsp3) is 0.739. The second-order valence-electron chi connectivity index (χ2n) is 10.3. The molecule has 188 valence electrons. The zero-order chi connectivity index (χ0) is 25.0. The Hall–Kier alpha value is -2.82. The van der Waals surface area contributed by atoms with E-state index in [1.807, 2.05) is 34.6 Å². The van der Waals surface area contributed by atoms with Gasteiger partial charge in [0.05, 0.1) is 31.3 Å². The monoisotopic (exact) mass is 476 g/mol. The quantitative estimate of drug-likeness (QED) is 0.503. The van der Waals surface area contributed by atoms with Crippen molar-refractivity contribution in [3.05, 3.63) is 11.9 Å². The number of imide groups is 1. The van der Waals surface area contributed by atoms with Gasteiger partial charge in [0.25, 0.3) is 0 Å². The van der Waals surface area contributed by atoms with E-state index in [9.17, 15) is 19.2 Å². The molecule has 2 saturated heterocycles. The van der Waals surface area contributed by atoms with Crippen LogP contribution in [0.3, 0.4) is 0 Å². The minimum absolute atomic E-state index is 0.0307. The predicted octanol–water partition coefficient (Wildman–Crippen LogP) is 0.778. The third-order valence-electron chi connectivity index (χ3n) is 6.23. The summed E-state index contributed by atoms with van der Waals surface area (Å²) in [7, 11) is 0. The van der Waals surface area contributed by atoms with E-state index >= 15 is 0 Å². The lowest BCUT2D eigenvalue weighted by Gasteiger charge is -2.35. The molecule has 34 heavy (non-hydrogen) atoms. The second-order valence-corrected chi connectivity index (χ2v) is 10.3. The predicted molar refractivity (Wildman–Crippen MR) is 122 cm³/mol. The van der Waals surface area contributed by atoms with Crippen LogP contribution in [0.5, 0.6) is 0 Å². The van der Waals surface area contributed by atoms with Gasteiger partial charge >= 0.3 is 0 Å². The van der Waals surface area contributed by atoms with Gasteiger partial charge in [0.2, 0.25) is 23.6 Å². The standard InChI is InChI=1S/C23H36N6O5/c1-14(25-21(32)15(2)17-7-6-10-34-17)12-28-13-16(26-27-28)11-24-22(33)20(23(3,4)5)29-18(30)8-9-19(29)31/h13-15,17,20H,6-12H2,1-5H3,(H,24,33)(H,25,32)/t14-,15?,17?,20?/m0/s1. The first-order chi connectivity index (χ1) is 16.0. The Morgan fingerprint density at radius 1 is 1.18 bits per heavy atom. The van der Waals surface area contributed by atoms with Crippen LogP contribution in [0.2, 0.25) is 0 Å². The van der Waals surface area contributed by atoms with Crippen molar-refractivity contribution in [1.82, 2.24) is 30.5 Å². The Bertz CT molecular complexity index is 901. The lowest BCUT2D eigenvalue weighted by atomic mass is 9.85. The maximum atomic E-state index is 13.0. The first-order valence-electron chi connectivity index (χ1n) is 11.9. The Morgan fingerprint density at radius 3 is 2.44 bits per heavy atom. The first kappa shape index (κ1) is 25.8. The molecule has 0 spiro atoms. The molecule has 2 N–H and O–H groups in total. The van der Waals surface area contributed by atoms with Crippen molar-refractivity contribution in [2.75, 3.05) is 6.61 Å². The van der Waals surface area contributed by atoms with Gasteiger partial charge in [0.15, 0.2) is 0 Å². The van der Waals surface area contributed by atoms with Crippen molar-refractivity contribution in [1.29, 1.82) is 0 Å². The number of carbonyl (C=O) groups excluding carboxylic acids is 4. The fourth-order valence-corrected chi connectivity index (χ4v) is 4.43. The Balaban J connectivity index is 1.52. The Morgan fingerprint density at radius 2 is 1.85 bits per heavy atom. The van der Waals surface area contributed by atoms with Crippen LogP contribution in [0.4, 0.5) is 0 Å². The lowest BCUT2D eigenvalue weighted by Crippen LogP contribution is -2.55. The molecule has 1 aromatic rings. The average molecular weight is 477 g/mol. The van der Waals surface area contributed by atoms with Crippen LogP contribution >= 0.6 is 0 Å². The molecular formula is C23H36N6O5. The van der Waals surface area contributed by atoms with Gasteiger partial charge in [-0.3, -0.25) is 28.8 Å². The zero-order valence-corrected chi connectivity index (χ0v) is 20.7. The molecule has 0 aliphatic carbocycles. The van der Waals surface area contributed by atoms with Crippen LogP contribution in [0.25, 0.3) is 0 Å². The number of rotatable bonds is 9. The van der Waals surface area contributed by atoms with Crippen molar-refractivity contribution in [2.24, 2.45) is 11.3 Å². The number of likely N-dealkylation sites (tertiary alicyclic amines) is 1.